The highest BCUT2D eigenvalue weighted by Gasteiger charge is 2.34. The molecule has 2 heterocycles. The van der Waals surface area contributed by atoms with Crippen molar-refractivity contribution in [3.63, 3.8) is 0 Å². The lowest BCUT2D eigenvalue weighted by Crippen LogP contribution is -2.47. The minimum atomic E-state index is 0.199. The van der Waals surface area contributed by atoms with Crippen LogP contribution in [0.3, 0.4) is 0 Å². The van der Waals surface area contributed by atoms with Gasteiger partial charge in [0.25, 0.3) is 0 Å². The lowest BCUT2D eigenvalue weighted by Gasteiger charge is -2.40. The first-order chi connectivity index (χ1) is 14.1. The number of fused-ring (bicyclic) bond motifs is 2. The third kappa shape index (κ3) is 3.49. The van der Waals surface area contributed by atoms with Gasteiger partial charge in [-0.2, -0.15) is 0 Å². The van der Waals surface area contributed by atoms with Gasteiger partial charge < -0.3 is 14.2 Å². The molecule has 0 amide bonds. The molecule has 0 spiro atoms. The summed E-state index contributed by atoms with van der Waals surface area (Å²) >= 11 is 0. The van der Waals surface area contributed by atoms with Crippen molar-refractivity contribution in [1.82, 2.24) is 14.5 Å². The van der Waals surface area contributed by atoms with Gasteiger partial charge in [-0.05, 0) is 67.9 Å². The van der Waals surface area contributed by atoms with Gasteiger partial charge in [0, 0.05) is 26.7 Å². The number of nitrogens with zero attached hydrogens (tertiary/aromatic N) is 3. The normalized spacial score (nSPS) is 23.0. The molecule has 5 rings (SSSR count). The molecular weight excluding hydrogens is 358 g/mol. The van der Waals surface area contributed by atoms with Crippen LogP contribution >= 0.6 is 0 Å². The van der Waals surface area contributed by atoms with Crippen molar-refractivity contribution < 1.29 is 4.74 Å². The second kappa shape index (κ2) is 7.58. The van der Waals surface area contributed by atoms with E-state index in [1.54, 1.807) is 11.1 Å². The summed E-state index contributed by atoms with van der Waals surface area (Å²) in [5.74, 6) is 1.83. The summed E-state index contributed by atoms with van der Waals surface area (Å²) in [6.07, 6.45) is 3.75. The average molecular weight is 390 g/mol. The highest BCUT2D eigenvalue weighted by atomic mass is 16.5. The smallest absolute Gasteiger partial charge is 0.107 e. The highest BCUT2D eigenvalue weighted by Crippen LogP contribution is 2.33. The molecule has 1 aliphatic carbocycles. The number of aryl methyl sites for hydroxylation is 2. The van der Waals surface area contributed by atoms with E-state index in [0.717, 1.165) is 36.8 Å². The number of piperidine rings is 1. The lowest BCUT2D eigenvalue weighted by molar-refractivity contribution is -0.00928. The number of rotatable bonds is 4. The van der Waals surface area contributed by atoms with Gasteiger partial charge in [-0.3, -0.25) is 0 Å². The van der Waals surface area contributed by atoms with Crippen molar-refractivity contribution in [2.75, 3.05) is 26.7 Å². The zero-order valence-electron chi connectivity index (χ0n) is 17.8. The summed E-state index contributed by atoms with van der Waals surface area (Å²) in [4.78, 5) is 7.46. The zero-order chi connectivity index (χ0) is 20.0. The molecule has 2 aromatic carbocycles. The number of imidazole rings is 1. The Balaban J connectivity index is 1.31. The largest absolute Gasteiger partial charge is 0.378 e. The molecule has 0 N–H and O–H groups in total. The molecule has 4 heteroatoms. The number of hydrogen-bond donors (Lipinski definition) is 0. The SMILES string of the molecule is CO[C@@H]1CN(CC2Cc3ccccc3C2)CC[C@@H]1n1c(C)nc2cc(C)ccc21. The van der Waals surface area contributed by atoms with E-state index in [0.29, 0.717) is 6.04 Å². The summed E-state index contributed by atoms with van der Waals surface area (Å²) in [6, 6.07) is 15.9. The first kappa shape index (κ1) is 18.8. The summed E-state index contributed by atoms with van der Waals surface area (Å²) in [5, 5.41) is 0. The van der Waals surface area contributed by atoms with Crippen molar-refractivity contribution in [3.8, 4) is 0 Å². The first-order valence-corrected chi connectivity index (χ1v) is 10.9. The molecule has 152 valence electrons. The molecule has 29 heavy (non-hydrogen) atoms. The van der Waals surface area contributed by atoms with Crippen molar-refractivity contribution in [3.05, 3.63) is 65.0 Å². The molecule has 3 aromatic rings. The number of methoxy groups -OCH3 is 1. The Hall–Kier alpha value is -2.17. The van der Waals surface area contributed by atoms with Crippen LogP contribution in [0.5, 0.6) is 0 Å². The van der Waals surface area contributed by atoms with Gasteiger partial charge in [-0.1, -0.05) is 30.3 Å². The molecule has 0 unspecified atom stereocenters. The van der Waals surface area contributed by atoms with Crippen molar-refractivity contribution in [2.24, 2.45) is 5.92 Å². The van der Waals surface area contributed by atoms with E-state index >= 15 is 0 Å². The van der Waals surface area contributed by atoms with Gasteiger partial charge in [0.15, 0.2) is 0 Å². The minimum absolute atomic E-state index is 0.199. The predicted molar refractivity (Wildman–Crippen MR) is 117 cm³/mol. The van der Waals surface area contributed by atoms with E-state index < -0.39 is 0 Å². The summed E-state index contributed by atoms with van der Waals surface area (Å²) in [7, 11) is 1.87. The molecule has 2 atom stereocenters. The van der Waals surface area contributed by atoms with Crippen LogP contribution in [0.4, 0.5) is 0 Å². The molecule has 4 nitrogen and oxygen atoms in total. The number of hydrogen-bond acceptors (Lipinski definition) is 3. The minimum Gasteiger partial charge on any atom is -0.378 e. The van der Waals surface area contributed by atoms with Crippen LogP contribution in [0, 0.1) is 19.8 Å². The second-order valence-electron chi connectivity index (χ2n) is 8.95. The third-order valence-electron chi connectivity index (χ3n) is 6.92. The van der Waals surface area contributed by atoms with E-state index in [2.05, 4.69) is 65.8 Å². The molecule has 0 radical (unpaired) electrons. The quantitative estimate of drug-likeness (QED) is 0.665. The van der Waals surface area contributed by atoms with Crippen molar-refractivity contribution in [2.45, 2.75) is 45.3 Å². The van der Waals surface area contributed by atoms with Gasteiger partial charge >= 0.3 is 0 Å². The number of ether oxygens (including phenoxy) is 1. The Morgan fingerprint density at radius 3 is 2.55 bits per heavy atom. The average Bonchev–Trinajstić information content (AvgIpc) is 3.26. The van der Waals surface area contributed by atoms with Crippen LogP contribution < -0.4 is 0 Å². The van der Waals surface area contributed by atoms with Crippen LogP contribution in [0.1, 0.15) is 35.0 Å². The van der Waals surface area contributed by atoms with Crippen molar-refractivity contribution in [1.29, 1.82) is 0 Å². The van der Waals surface area contributed by atoms with Crippen molar-refractivity contribution >= 4 is 11.0 Å². The molecule has 0 bridgehead atoms. The Bertz CT molecular complexity index is 999. The predicted octanol–water partition coefficient (Wildman–Crippen LogP) is 4.33. The van der Waals surface area contributed by atoms with E-state index in [-0.39, 0.29) is 6.10 Å². The topological polar surface area (TPSA) is 30.3 Å². The van der Waals surface area contributed by atoms with Gasteiger partial charge in [0.2, 0.25) is 0 Å². The fourth-order valence-corrected chi connectivity index (χ4v) is 5.55. The maximum Gasteiger partial charge on any atom is 0.107 e. The van der Waals surface area contributed by atoms with Crippen LogP contribution in [-0.2, 0) is 17.6 Å². The molecule has 1 aliphatic heterocycles. The first-order valence-electron chi connectivity index (χ1n) is 10.9. The molecule has 1 aromatic heterocycles. The highest BCUT2D eigenvalue weighted by molar-refractivity contribution is 5.77. The third-order valence-corrected chi connectivity index (χ3v) is 6.92. The molecule has 0 saturated carbocycles. The van der Waals surface area contributed by atoms with Crippen LogP contribution in [0.2, 0.25) is 0 Å². The summed E-state index contributed by atoms with van der Waals surface area (Å²) in [6.45, 7) is 7.56. The fourth-order valence-electron chi connectivity index (χ4n) is 5.55. The van der Waals surface area contributed by atoms with E-state index in [1.165, 1.54) is 30.5 Å². The number of aromatic nitrogens is 2. The van der Waals surface area contributed by atoms with Gasteiger partial charge in [-0.25, -0.2) is 4.98 Å². The number of likely N-dealkylation sites (tertiary alicyclic amines) is 1. The summed E-state index contributed by atoms with van der Waals surface area (Å²) < 4.78 is 8.44. The fraction of sp³-hybridized carbons (Fsp3) is 0.480. The molecular formula is C25H31N3O. The Kier molecular flexibility index (Phi) is 4.92. The van der Waals surface area contributed by atoms with E-state index in [1.807, 2.05) is 7.11 Å². The van der Waals surface area contributed by atoms with Crippen LogP contribution in [0.25, 0.3) is 11.0 Å². The van der Waals surface area contributed by atoms with Gasteiger partial charge in [0.1, 0.15) is 5.82 Å². The standard InChI is InChI=1S/C25H31N3O/c1-17-8-9-23-22(12-17)26-18(2)28(23)24-10-11-27(16-25(24)29-3)15-19-13-20-6-4-5-7-21(20)14-19/h4-9,12,19,24-25H,10-11,13-16H2,1-3H3/t24-,25+/m0/s1. The molecule has 2 aliphatic rings. The maximum absolute atomic E-state index is 6.02. The maximum atomic E-state index is 6.02. The Labute approximate surface area is 173 Å². The molecule has 1 saturated heterocycles. The van der Waals surface area contributed by atoms with Crippen LogP contribution in [0.15, 0.2) is 42.5 Å². The Morgan fingerprint density at radius 2 is 1.83 bits per heavy atom. The van der Waals surface area contributed by atoms with Gasteiger partial charge in [-0.15, -0.1) is 0 Å². The van der Waals surface area contributed by atoms with Crippen LogP contribution in [-0.4, -0.2) is 47.3 Å². The zero-order valence-corrected chi connectivity index (χ0v) is 17.8. The summed E-state index contributed by atoms with van der Waals surface area (Å²) in [5.41, 5.74) is 6.69. The Morgan fingerprint density at radius 1 is 1.07 bits per heavy atom. The monoisotopic (exact) mass is 389 g/mol. The number of benzene rings is 2. The van der Waals surface area contributed by atoms with E-state index in [9.17, 15) is 0 Å². The van der Waals surface area contributed by atoms with Gasteiger partial charge in [0.05, 0.1) is 23.2 Å². The van der Waals surface area contributed by atoms with E-state index in [4.69, 9.17) is 9.72 Å². The second-order valence-corrected chi connectivity index (χ2v) is 8.95. The lowest BCUT2D eigenvalue weighted by atomic mass is 9.98. The molecule has 1 fully saturated rings.